The van der Waals surface area contributed by atoms with Crippen molar-refractivity contribution in [3.8, 4) is 0 Å². The monoisotopic (exact) mass is 195 g/mol. The van der Waals surface area contributed by atoms with Gasteiger partial charge in [0.1, 0.15) is 18.1 Å². The van der Waals surface area contributed by atoms with Gasteiger partial charge in [0, 0.05) is 7.11 Å². The molecule has 0 atom stereocenters. The SMILES string of the molecule is COCc1ccc(C2(N)CCCC2)o1. The first-order valence-corrected chi connectivity index (χ1v) is 5.12. The van der Waals surface area contributed by atoms with Crippen molar-refractivity contribution >= 4 is 0 Å². The van der Waals surface area contributed by atoms with Gasteiger partial charge < -0.3 is 14.9 Å². The second kappa shape index (κ2) is 3.75. The highest BCUT2D eigenvalue weighted by Gasteiger charge is 2.34. The van der Waals surface area contributed by atoms with Crippen molar-refractivity contribution in [3.63, 3.8) is 0 Å². The highest BCUT2D eigenvalue weighted by molar-refractivity contribution is 5.16. The zero-order chi connectivity index (χ0) is 10.0. The van der Waals surface area contributed by atoms with Gasteiger partial charge in [0.2, 0.25) is 0 Å². The Labute approximate surface area is 84.2 Å². The fourth-order valence-electron chi connectivity index (χ4n) is 2.12. The molecule has 1 fully saturated rings. The Bertz CT molecular complexity index is 300. The minimum atomic E-state index is -0.216. The maximum Gasteiger partial charge on any atom is 0.129 e. The van der Waals surface area contributed by atoms with Crippen LogP contribution >= 0.6 is 0 Å². The third-order valence-corrected chi connectivity index (χ3v) is 2.93. The Hall–Kier alpha value is -0.800. The van der Waals surface area contributed by atoms with Crippen LogP contribution < -0.4 is 5.73 Å². The van der Waals surface area contributed by atoms with E-state index in [4.69, 9.17) is 14.9 Å². The molecule has 1 aromatic heterocycles. The molecule has 0 unspecified atom stereocenters. The normalized spacial score (nSPS) is 20.1. The lowest BCUT2D eigenvalue weighted by Crippen LogP contribution is -2.32. The van der Waals surface area contributed by atoms with Gasteiger partial charge in [0.15, 0.2) is 0 Å². The number of rotatable bonds is 3. The summed E-state index contributed by atoms with van der Waals surface area (Å²) < 4.78 is 10.7. The summed E-state index contributed by atoms with van der Waals surface area (Å²) >= 11 is 0. The van der Waals surface area contributed by atoms with Crippen molar-refractivity contribution in [1.82, 2.24) is 0 Å². The lowest BCUT2D eigenvalue weighted by Gasteiger charge is -2.20. The van der Waals surface area contributed by atoms with Crippen LogP contribution in [0.3, 0.4) is 0 Å². The summed E-state index contributed by atoms with van der Waals surface area (Å²) in [5.74, 6) is 1.78. The fraction of sp³-hybridized carbons (Fsp3) is 0.636. The lowest BCUT2D eigenvalue weighted by molar-refractivity contribution is 0.159. The average Bonchev–Trinajstić information content (AvgIpc) is 2.75. The van der Waals surface area contributed by atoms with Gasteiger partial charge >= 0.3 is 0 Å². The third kappa shape index (κ3) is 1.70. The van der Waals surface area contributed by atoms with Gasteiger partial charge in [-0.1, -0.05) is 12.8 Å². The Morgan fingerprint density at radius 2 is 2.14 bits per heavy atom. The average molecular weight is 195 g/mol. The molecule has 0 aromatic carbocycles. The Morgan fingerprint density at radius 3 is 2.79 bits per heavy atom. The molecule has 1 aliphatic carbocycles. The summed E-state index contributed by atoms with van der Waals surface area (Å²) in [5, 5.41) is 0. The van der Waals surface area contributed by atoms with E-state index in [1.807, 2.05) is 12.1 Å². The summed E-state index contributed by atoms with van der Waals surface area (Å²) in [6, 6.07) is 3.94. The van der Waals surface area contributed by atoms with E-state index in [2.05, 4.69) is 0 Å². The highest BCUT2D eigenvalue weighted by atomic mass is 16.5. The molecule has 0 amide bonds. The molecule has 14 heavy (non-hydrogen) atoms. The van der Waals surface area contributed by atoms with Crippen molar-refractivity contribution in [1.29, 1.82) is 0 Å². The summed E-state index contributed by atoms with van der Waals surface area (Å²) in [7, 11) is 1.66. The van der Waals surface area contributed by atoms with Crippen molar-refractivity contribution < 1.29 is 9.15 Å². The predicted molar refractivity (Wildman–Crippen MR) is 53.8 cm³/mol. The van der Waals surface area contributed by atoms with E-state index in [9.17, 15) is 0 Å². The summed E-state index contributed by atoms with van der Waals surface area (Å²) in [6.07, 6.45) is 4.48. The predicted octanol–water partition coefficient (Wildman–Crippen LogP) is 2.15. The van der Waals surface area contributed by atoms with Gasteiger partial charge in [-0.05, 0) is 25.0 Å². The van der Waals surface area contributed by atoms with Crippen LogP contribution in [0, 0.1) is 0 Å². The largest absolute Gasteiger partial charge is 0.462 e. The molecule has 1 aromatic rings. The van der Waals surface area contributed by atoms with Crippen LogP contribution in [0.25, 0.3) is 0 Å². The van der Waals surface area contributed by atoms with E-state index >= 15 is 0 Å². The van der Waals surface area contributed by atoms with Gasteiger partial charge in [0.25, 0.3) is 0 Å². The molecule has 3 heteroatoms. The van der Waals surface area contributed by atoms with Crippen molar-refractivity contribution in [3.05, 3.63) is 23.7 Å². The summed E-state index contributed by atoms with van der Waals surface area (Å²) in [5.41, 5.74) is 6.04. The van der Waals surface area contributed by atoms with Gasteiger partial charge in [-0.15, -0.1) is 0 Å². The van der Waals surface area contributed by atoms with E-state index in [0.29, 0.717) is 6.61 Å². The van der Waals surface area contributed by atoms with E-state index in [1.165, 1.54) is 12.8 Å². The molecule has 0 saturated heterocycles. The standard InChI is InChI=1S/C11H17NO2/c1-13-8-9-4-5-10(14-9)11(12)6-2-3-7-11/h4-5H,2-3,6-8,12H2,1H3. The quantitative estimate of drug-likeness (QED) is 0.804. The second-order valence-electron chi connectivity index (χ2n) is 4.06. The van der Waals surface area contributed by atoms with Crippen molar-refractivity contribution in [2.45, 2.75) is 37.8 Å². The maximum absolute atomic E-state index is 6.26. The third-order valence-electron chi connectivity index (χ3n) is 2.93. The molecule has 2 rings (SSSR count). The van der Waals surface area contributed by atoms with Crippen LogP contribution in [0.5, 0.6) is 0 Å². The molecule has 3 nitrogen and oxygen atoms in total. The van der Waals surface area contributed by atoms with Gasteiger partial charge in [-0.2, -0.15) is 0 Å². The molecule has 1 saturated carbocycles. The Balaban J connectivity index is 2.15. The molecule has 0 aliphatic heterocycles. The van der Waals surface area contributed by atoms with E-state index < -0.39 is 0 Å². The number of hydrogen-bond donors (Lipinski definition) is 1. The molecule has 0 bridgehead atoms. The zero-order valence-electron chi connectivity index (χ0n) is 8.58. The number of furan rings is 1. The van der Waals surface area contributed by atoms with Crippen molar-refractivity contribution in [2.24, 2.45) is 5.73 Å². The van der Waals surface area contributed by atoms with Gasteiger partial charge in [0.05, 0.1) is 5.54 Å². The number of nitrogens with two attached hydrogens (primary N) is 1. The molecule has 2 N–H and O–H groups in total. The second-order valence-corrected chi connectivity index (χ2v) is 4.06. The first-order chi connectivity index (χ1) is 6.74. The number of methoxy groups -OCH3 is 1. The van der Waals surface area contributed by atoms with Crippen LogP contribution in [0.1, 0.15) is 37.2 Å². The molecular weight excluding hydrogens is 178 g/mol. The summed E-state index contributed by atoms with van der Waals surface area (Å²) in [6.45, 7) is 0.524. The molecule has 0 radical (unpaired) electrons. The Kier molecular flexibility index (Phi) is 2.61. The topological polar surface area (TPSA) is 48.4 Å². The zero-order valence-corrected chi connectivity index (χ0v) is 8.58. The lowest BCUT2D eigenvalue weighted by atomic mass is 9.96. The fourth-order valence-corrected chi connectivity index (χ4v) is 2.12. The van der Waals surface area contributed by atoms with Crippen LogP contribution in [0.4, 0.5) is 0 Å². The smallest absolute Gasteiger partial charge is 0.129 e. The van der Waals surface area contributed by atoms with E-state index in [-0.39, 0.29) is 5.54 Å². The summed E-state index contributed by atoms with van der Waals surface area (Å²) in [4.78, 5) is 0. The molecular formula is C11H17NO2. The molecule has 1 heterocycles. The minimum absolute atomic E-state index is 0.216. The minimum Gasteiger partial charge on any atom is -0.462 e. The Morgan fingerprint density at radius 1 is 1.43 bits per heavy atom. The van der Waals surface area contributed by atoms with Crippen LogP contribution in [0.2, 0.25) is 0 Å². The van der Waals surface area contributed by atoms with Gasteiger partial charge in [-0.3, -0.25) is 0 Å². The number of hydrogen-bond acceptors (Lipinski definition) is 3. The molecule has 78 valence electrons. The van der Waals surface area contributed by atoms with Crippen molar-refractivity contribution in [2.75, 3.05) is 7.11 Å². The van der Waals surface area contributed by atoms with Gasteiger partial charge in [-0.25, -0.2) is 0 Å². The molecule has 0 spiro atoms. The van der Waals surface area contributed by atoms with Crippen LogP contribution in [-0.4, -0.2) is 7.11 Å². The van der Waals surface area contributed by atoms with E-state index in [0.717, 1.165) is 24.4 Å². The molecule has 1 aliphatic rings. The van der Waals surface area contributed by atoms with Crippen LogP contribution in [0.15, 0.2) is 16.5 Å². The maximum atomic E-state index is 6.26. The first kappa shape index (κ1) is 9.74. The van der Waals surface area contributed by atoms with Crippen LogP contribution in [-0.2, 0) is 16.9 Å². The highest BCUT2D eigenvalue weighted by Crippen LogP contribution is 2.36. The van der Waals surface area contributed by atoms with E-state index in [1.54, 1.807) is 7.11 Å². The number of ether oxygens (including phenoxy) is 1. The first-order valence-electron chi connectivity index (χ1n) is 5.12.